The van der Waals surface area contributed by atoms with Crippen LogP contribution in [0.3, 0.4) is 0 Å². The average molecular weight is 290 g/mol. The summed E-state index contributed by atoms with van der Waals surface area (Å²) in [6.45, 7) is 1.34. The van der Waals surface area contributed by atoms with Crippen molar-refractivity contribution in [2.45, 2.75) is 38.5 Å². The van der Waals surface area contributed by atoms with Crippen LogP contribution in [0.4, 0.5) is 5.69 Å². The van der Waals surface area contributed by atoms with Crippen molar-refractivity contribution >= 4 is 11.6 Å². The first-order chi connectivity index (χ1) is 10.2. The Hall–Kier alpha value is -1.55. The van der Waals surface area contributed by atoms with Gasteiger partial charge in [-0.1, -0.05) is 25.0 Å². The molecule has 0 bridgehead atoms. The van der Waals surface area contributed by atoms with E-state index in [1.165, 1.54) is 5.56 Å². The molecule has 4 nitrogen and oxygen atoms in total. The van der Waals surface area contributed by atoms with E-state index in [1.54, 1.807) is 7.11 Å². The molecule has 0 heterocycles. The van der Waals surface area contributed by atoms with Gasteiger partial charge in [0.25, 0.3) is 0 Å². The summed E-state index contributed by atoms with van der Waals surface area (Å²) >= 11 is 0. The van der Waals surface area contributed by atoms with Crippen molar-refractivity contribution in [1.29, 1.82) is 0 Å². The number of nitrogens with one attached hydrogen (secondary N) is 1. The van der Waals surface area contributed by atoms with Crippen LogP contribution in [-0.2, 0) is 16.0 Å². The Morgan fingerprint density at radius 2 is 1.95 bits per heavy atom. The SMILES string of the molecule is COCCC1(C(=O)NCCc2ccc(N)cc2)CCCC1. The van der Waals surface area contributed by atoms with Crippen LogP contribution in [0.1, 0.15) is 37.7 Å². The second-order valence-corrected chi connectivity index (χ2v) is 5.98. The predicted molar refractivity (Wildman–Crippen MR) is 85.0 cm³/mol. The molecule has 116 valence electrons. The van der Waals surface area contributed by atoms with Crippen LogP contribution < -0.4 is 11.1 Å². The number of hydrogen-bond donors (Lipinski definition) is 2. The van der Waals surface area contributed by atoms with Crippen LogP contribution in [-0.4, -0.2) is 26.2 Å². The number of benzene rings is 1. The van der Waals surface area contributed by atoms with Gasteiger partial charge in [0.2, 0.25) is 5.91 Å². The minimum Gasteiger partial charge on any atom is -0.399 e. The van der Waals surface area contributed by atoms with Gasteiger partial charge in [0.15, 0.2) is 0 Å². The number of amides is 1. The Bertz CT molecular complexity index is 450. The fourth-order valence-electron chi connectivity index (χ4n) is 3.13. The normalized spacial score (nSPS) is 16.8. The van der Waals surface area contributed by atoms with Gasteiger partial charge in [-0.3, -0.25) is 4.79 Å². The van der Waals surface area contributed by atoms with Gasteiger partial charge in [-0.2, -0.15) is 0 Å². The van der Waals surface area contributed by atoms with Crippen molar-refractivity contribution in [2.24, 2.45) is 5.41 Å². The van der Waals surface area contributed by atoms with E-state index in [1.807, 2.05) is 24.3 Å². The Morgan fingerprint density at radius 1 is 1.29 bits per heavy atom. The molecule has 1 fully saturated rings. The summed E-state index contributed by atoms with van der Waals surface area (Å²) in [5, 5.41) is 3.11. The van der Waals surface area contributed by atoms with E-state index in [-0.39, 0.29) is 11.3 Å². The van der Waals surface area contributed by atoms with Crippen LogP contribution in [0.5, 0.6) is 0 Å². The van der Waals surface area contributed by atoms with Gasteiger partial charge in [0.1, 0.15) is 0 Å². The number of methoxy groups -OCH3 is 1. The van der Waals surface area contributed by atoms with Gasteiger partial charge in [-0.25, -0.2) is 0 Å². The highest BCUT2D eigenvalue weighted by molar-refractivity contribution is 5.82. The Kier molecular flexibility index (Phi) is 5.62. The first-order valence-corrected chi connectivity index (χ1v) is 7.78. The van der Waals surface area contributed by atoms with E-state index in [2.05, 4.69) is 5.32 Å². The largest absolute Gasteiger partial charge is 0.399 e. The molecule has 0 aromatic heterocycles. The average Bonchev–Trinajstić information content (AvgIpc) is 2.97. The molecule has 1 aromatic carbocycles. The molecule has 4 heteroatoms. The van der Waals surface area contributed by atoms with E-state index >= 15 is 0 Å². The highest BCUT2D eigenvalue weighted by atomic mass is 16.5. The molecule has 1 aromatic rings. The van der Waals surface area contributed by atoms with Crippen molar-refractivity contribution in [3.05, 3.63) is 29.8 Å². The quantitative estimate of drug-likeness (QED) is 0.758. The van der Waals surface area contributed by atoms with Crippen molar-refractivity contribution in [1.82, 2.24) is 5.32 Å². The smallest absolute Gasteiger partial charge is 0.226 e. The number of rotatable bonds is 7. The van der Waals surface area contributed by atoms with Crippen LogP contribution >= 0.6 is 0 Å². The second kappa shape index (κ2) is 7.46. The van der Waals surface area contributed by atoms with Gasteiger partial charge in [-0.05, 0) is 43.4 Å². The lowest BCUT2D eigenvalue weighted by Gasteiger charge is -2.27. The molecule has 0 saturated heterocycles. The molecular weight excluding hydrogens is 264 g/mol. The van der Waals surface area contributed by atoms with E-state index in [0.29, 0.717) is 13.2 Å². The van der Waals surface area contributed by atoms with Gasteiger partial charge in [-0.15, -0.1) is 0 Å². The lowest BCUT2D eigenvalue weighted by atomic mass is 9.82. The molecule has 1 aliphatic carbocycles. The number of ether oxygens (including phenoxy) is 1. The van der Waals surface area contributed by atoms with Gasteiger partial charge < -0.3 is 15.8 Å². The molecule has 1 amide bonds. The number of anilines is 1. The summed E-state index contributed by atoms with van der Waals surface area (Å²) in [5.74, 6) is 0.201. The molecule has 3 N–H and O–H groups in total. The van der Waals surface area contributed by atoms with Crippen molar-refractivity contribution in [2.75, 3.05) is 26.0 Å². The Labute approximate surface area is 127 Å². The van der Waals surface area contributed by atoms with Crippen LogP contribution in [0.25, 0.3) is 0 Å². The maximum absolute atomic E-state index is 12.5. The zero-order valence-corrected chi connectivity index (χ0v) is 12.9. The lowest BCUT2D eigenvalue weighted by molar-refractivity contribution is -0.131. The third-order valence-electron chi connectivity index (χ3n) is 4.51. The molecule has 1 aliphatic rings. The molecular formula is C17H26N2O2. The summed E-state index contributed by atoms with van der Waals surface area (Å²) < 4.78 is 5.17. The number of nitrogens with two attached hydrogens (primary N) is 1. The molecule has 0 unspecified atom stereocenters. The predicted octanol–water partition coefficient (Wildman–Crippen LogP) is 2.52. The first kappa shape index (κ1) is 15.8. The van der Waals surface area contributed by atoms with Crippen LogP contribution in [0.15, 0.2) is 24.3 Å². The maximum Gasteiger partial charge on any atom is 0.226 e. The lowest BCUT2D eigenvalue weighted by Crippen LogP contribution is -2.40. The summed E-state index contributed by atoms with van der Waals surface area (Å²) in [5.41, 5.74) is 7.44. The van der Waals surface area contributed by atoms with Crippen molar-refractivity contribution in [3.63, 3.8) is 0 Å². The summed E-state index contributed by atoms with van der Waals surface area (Å²) in [4.78, 5) is 12.5. The van der Waals surface area contributed by atoms with Gasteiger partial charge in [0.05, 0.1) is 5.41 Å². The van der Waals surface area contributed by atoms with Crippen LogP contribution in [0, 0.1) is 5.41 Å². The van der Waals surface area contributed by atoms with E-state index in [4.69, 9.17) is 10.5 Å². The van der Waals surface area contributed by atoms with Crippen LogP contribution in [0.2, 0.25) is 0 Å². The first-order valence-electron chi connectivity index (χ1n) is 7.78. The van der Waals surface area contributed by atoms with E-state index in [0.717, 1.165) is 44.2 Å². The Balaban J connectivity index is 1.83. The summed E-state index contributed by atoms with van der Waals surface area (Å²) in [6, 6.07) is 7.82. The molecule has 2 rings (SSSR count). The number of carbonyl (C=O) groups excluding carboxylic acids is 1. The highest BCUT2D eigenvalue weighted by Crippen LogP contribution is 2.41. The number of hydrogen-bond acceptors (Lipinski definition) is 3. The third kappa shape index (κ3) is 4.21. The molecule has 1 saturated carbocycles. The number of nitrogen functional groups attached to an aromatic ring is 1. The zero-order chi connectivity index (χ0) is 15.1. The zero-order valence-electron chi connectivity index (χ0n) is 12.9. The standard InChI is InChI=1S/C17H26N2O2/c1-21-13-11-17(9-2-3-10-17)16(20)19-12-8-14-4-6-15(18)7-5-14/h4-7H,2-3,8-13,18H2,1H3,(H,19,20). The highest BCUT2D eigenvalue weighted by Gasteiger charge is 2.40. The van der Waals surface area contributed by atoms with Gasteiger partial charge >= 0.3 is 0 Å². The summed E-state index contributed by atoms with van der Waals surface area (Å²) in [7, 11) is 1.70. The molecule has 0 aliphatic heterocycles. The molecule has 0 spiro atoms. The maximum atomic E-state index is 12.5. The van der Waals surface area contributed by atoms with Crippen molar-refractivity contribution in [3.8, 4) is 0 Å². The van der Waals surface area contributed by atoms with E-state index in [9.17, 15) is 4.79 Å². The fraction of sp³-hybridized carbons (Fsp3) is 0.588. The minimum atomic E-state index is -0.197. The third-order valence-corrected chi connectivity index (χ3v) is 4.51. The Morgan fingerprint density at radius 3 is 2.57 bits per heavy atom. The fourth-order valence-corrected chi connectivity index (χ4v) is 3.13. The molecule has 0 atom stereocenters. The van der Waals surface area contributed by atoms with E-state index < -0.39 is 0 Å². The van der Waals surface area contributed by atoms with Gasteiger partial charge in [0, 0.05) is 25.9 Å². The minimum absolute atomic E-state index is 0.197. The summed E-state index contributed by atoms with van der Waals surface area (Å²) in [6.07, 6.45) is 5.95. The molecule has 21 heavy (non-hydrogen) atoms. The monoisotopic (exact) mass is 290 g/mol. The second-order valence-electron chi connectivity index (χ2n) is 5.98. The van der Waals surface area contributed by atoms with Crippen molar-refractivity contribution < 1.29 is 9.53 Å². The number of carbonyl (C=O) groups is 1. The molecule has 0 radical (unpaired) electrons. The topological polar surface area (TPSA) is 64.3 Å².